The van der Waals surface area contributed by atoms with Crippen molar-refractivity contribution < 1.29 is 0 Å². The van der Waals surface area contributed by atoms with Crippen molar-refractivity contribution in [3.05, 3.63) is 36.4 Å². The van der Waals surface area contributed by atoms with Gasteiger partial charge in [0.1, 0.15) is 0 Å². The van der Waals surface area contributed by atoms with Crippen LogP contribution in [0.3, 0.4) is 0 Å². The van der Waals surface area contributed by atoms with E-state index in [-0.39, 0.29) is 0 Å². The summed E-state index contributed by atoms with van der Waals surface area (Å²) in [5.74, 6) is 0. The number of unbranched alkanes of at least 4 members (excludes halogenated alkanes) is 1. The van der Waals surface area contributed by atoms with E-state index in [0.29, 0.717) is 0 Å². The van der Waals surface area contributed by atoms with Crippen LogP contribution in [0.15, 0.2) is 30.3 Å². The van der Waals surface area contributed by atoms with Crippen LogP contribution in [0, 0.1) is 6.04 Å². The van der Waals surface area contributed by atoms with Gasteiger partial charge in [-0.05, 0) is 25.5 Å². The van der Waals surface area contributed by atoms with Gasteiger partial charge < -0.3 is 5.32 Å². The van der Waals surface area contributed by atoms with Crippen LogP contribution in [0.4, 0.5) is 5.69 Å². The summed E-state index contributed by atoms with van der Waals surface area (Å²) in [6.07, 6.45) is 3.70. The molecule has 0 aliphatic rings. The summed E-state index contributed by atoms with van der Waals surface area (Å²) in [4.78, 5) is 0. The fourth-order valence-electron chi connectivity index (χ4n) is 1.27. The molecule has 13 heavy (non-hydrogen) atoms. The number of benzene rings is 1. The largest absolute Gasteiger partial charge is 0.378 e. The summed E-state index contributed by atoms with van der Waals surface area (Å²) in [6, 6.07) is 11.7. The molecule has 1 N–H and O–H groups in total. The summed E-state index contributed by atoms with van der Waals surface area (Å²) in [6.45, 7) is 4.37. The first-order valence-electron chi connectivity index (χ1n) is 4.97. The Kier molecular flexibility index (Phi) is 4.37. The Morgan fingerprint density at radius 3 is 2.54 bits per heavy atom. The summed E-state index contributed by atoms with van der Waals surface area (Å²) in [5, 5.41) is 3.39. The van der Waals surface area contributed by atoms with E-state index in [4.69, 9.17) is 0 Å². The normalized spacial score (nSPS) is 10.4. The van der Waals surface area contributed by atoms with Crippen LogP contribution in [0.25, 0.3) is 0 Å². The molecule has 0 spiro atoms. The molecule has 0 amide bonds. The van der Waals surface area contributed by atoms with Crippen LogP contribution in [0.1, 0.15) is 33.1 Å². The van der Waals surface area contributed by atoms with E-state index in [1.165, 1.54) is 31.0 Å². The molecular weight excluding hydrogens is 158 g/mol. The summed E-state index contributed by atoms with van der Waals surface area (Å²) >= 11 is 0. The molecule has 1 nitrogen and oxygen atoms in total. The van der Waals surface area contributed by atoms with Crippen molar-refractivity contribution in [1.29, 1.82) is 0 Å². The molecule has 0 heterocycles. The van der Waals surface area contributed by atoms with E-state index in [2.05, 4.69) is 43.4 Å². The molecule has 0 atom stereocenters. The van der Waals surface area contributed by atoms with Crippen molar-refractivity contribution >= 4 is 5.69 Å². The van der Waals surface area contributed by atoms with Gasteiger partial charge in [-0.25, -0.2) is 0 Å². The highest BCUT2D eigenvalue weighted by Crippen LogP contribution is 2.14. The van der Waals surface area contributed by atoms with Gasteiger partial charge in [0.2, 0.25) is 0 Å². The van der Waals surface area contributed by atoms with Gasteiger partial charge in [-0.2, -0.15) is 0 Å². The standard InChI is InChI=1S/C12H18N/c1-3-4-8-11(2)13-12-9-6-5-7-10-12/h5-7,9-10,13H,3-4,8H2,1-2H3. The van der Waals surface area contributed by atoms with Crippen molar-refractivity contribution in [2.24, 2.45) is 0 Å². The lowest BCUT2D eigenvalue weighted by molar-refractivity contribution is 0.734. The van der Waals surface area contributed by atoms with Crippen LogP contribution in [-0.4, -0.2) is 0 Å². The maximum Gasteiger partial charge on any atom is 0.0572 e. The molecule has 0 saturated heterocycles. The van der Waals surface area contributed by atoms with Gasteiger partial charge in [-0.1, -0.05) is 38.0 Å². The van der Waals surface area contributed by atoms with Gasteiger partial charge in [-0.3, -0.25) is 0 Å². The number of rotatable bonds is 5. The molecule has 0 fully saturated rings. The minimum absolute atomic E-state index is 1.17. The van der Waals surface area contributed by atoms with E-state index >= 15 is 0 Å². The van der Waals surface area contributed by atoms with Gasteiger partial charge in [0.15, 0.2) is 0 Å². The summed E-state index contributed by atoms with van der Waals surface area (Å²) in [7, 11) is 0. The van der Waals surface area contributed by atoms with Crippen molar-refractivity contribution in [3.8, 4) is 0 Å². The Morgan fingerprint density at radius 2 is 1.92 bits per heavy atom. The fourth-order valence-corrected chi connectivity index (χ4v) is 1.27. The zero-order valence-corrected chi connectivity index (χ0v) is 8.51. The average Bonchev–Trinajstić information content (AvgIpc) is 2.16. The fraction of sp³-hybridized carbons (Fsp3) is 0.417. The first-order chi connectivity index (χ1) is 6.33. The Balaban J connectivity index is 2.32. The van der Waals surface area contributed by atoms with E-state index in [1.54, 1.807) is 0 Å². The van der Waals surface area contributed by atoms with Crippen LogP contribution in [0.5, 0.6) is 0 Å². The Morgan fingerprint density at radius 1 is 1.23 bits per heavy atom. The van der Waals surface area contributed by atoms with Crippen LogP contribution < -0.4 is 5.32 Å². The van der Waals surface area contributed by atoms with Gasteiger partial charge in [0.25, 0.3) is 0 Å². The molecule has 71 valence electrons. The third-order valence-electron chi connectivity index (χ3n) is 2.04. The third kappa shape index (κ3) is 3.97. The maximum absolute atomic E-state index is 3.39. The predicted molar refractivity (Wildman–Crippen MR) is 58.5 cm³/mol. The highest BCUT2D eigenvalue weighted by atomic mass is 14.9. The lowest BCUT2D eigenvalue weighted by Gasteiger charge is -2.13. The quantitative estimate of drug-likeness (QED) is 0.718. The van der Waals surface area contributed by atoms with E-state index in [0.717, 1.165) is 0 Å². The summed E-state index contributed by atoms with van der Waals surface area (Å²) in [5.41, 5.74) is 1.19. The average molecular weight is 176 g/mol. The van der Waals surface area contributed by atoms with Gasteiger partial charge in [-0.15, -0.1) is 0 Å². The second-order valence-corrected chi connectivity index (χ2v) is 3.37. The molecule has 0 bridgehead atoms. The van der Waals surface area contributed by atoms with Crippen molar-refractivity contribution in [2.45, 2.75) is 33.1 Å². The van der Waals surface area contributed by atoms with Crippen molar-refractivity contribution in [3.63, 3.8) is 0 Å². The minimum Gasteiger partial charge on any atom is -0.378 e. The van der Waals surface area contributed by atoms with Gasteiger partial charge in [0, 0.05) is 5.69 Å². The van der Waals surface area contributed by atoms with Crippen LogP contribution in [-0.2, 0) is 0 Å². The van der Waals surface area contributed by atoms with Gasteiger partial charge >= 0.3 is 0 Å². The molecule has 1 heteroatoms. The van der Waals surface area contributed by atoms with Crippen molar-refractivity contribution in [2.75, 3.05) is 5.32 Å². The molecule has 0 aromatic heterocycles. The second kappa shape index (κ2) is 5.63. The number of para-hydroxylation sites is 1. The molecule has 1 aromatic carbocycles. The Bertz CT molecular complexity index is 218. The first-order valence-corrected chi connectivity index (χ1v) is 4.97. The monoisotopic (exact) mass is 176 g/mol. The molecule has 0 unspecified atom stereocenters. The molecule has 0 saturated carbocycles. The molecule has 1 rings (SSSR count). The van der Waals surface area contributed by atoms with E-state index in [1.807, 2.05) is 6.07 Å². The van der Waals surface area contributed by atoms with E-state index < -0.39 is 0 Å². The number of hydrogen-bond acceptors (Lipinski definition) is 1. The highest BCUT2D eigenvalue weighted by Gasteiger charge is 2.00. The number of nitrogens with one attached hydrogen (secondary N) is 1. The van der Waals surface area contributed by atoms with Gasteiger partial charge in [0.05, 0.1) is 6.04 Å². The molecular formula is C12H18N. The molecule has 0 aliphatic heterocycles. The third-order valence-corrected chi connectivity index (χ3v) is 2.04. The smallest absolute Gasteiger partial charge is 0.0572 e. The SMILES string of the molecule is CCCC[C](C)Nc1ccccc1. The Labute approximate surface area is 81.2 Å². The molecule has 1 aromatic rings. The topological polar surface area (TPSA) is 12.0 Å². The minimum atomic E-state index is 1.17. The Hall–Kier alpha value is -0.980. The van der Waals surface area contributed by atoms with Crippen LogP contribution in [0.2, 0.25) is 0 Å². The molecule has 0 aliphatic carbocycles. The maximum atomic E-state index is 3.39. The first kappa shape index (κ1) is 10.1. The zero-order chi connectivity index (χ0) is 9.52. The lowest BCUT2D eigenvalue weighted by atomic mass is 10.1. The lowest BCUT2D eigenvalue weighted by Crippen LogP contribution is -2.05. The zero-order valence-electron chi connectivity index (χ0n) is 8.51. The highest BCUT2D eigenvalue weighted by molar-refractivity contribution is 5.45. The van der Waals surface area contributed by atoms with Crippen LogP contribution >= 0.6 is 0 Å². The number of anilines is 1. The van der Waals surface area contributed by atoms with Crippen molar-refractivity contribution in [1.82, 2.24) is 0 Å². The molecule has 1 radical (unpaired) electrons. The predicted octanol–water partition coefficient (Wildman–Crippen LogP) is 3.84. The second-order valence-electron chi connectivity index (χ2n) is 3.37. The summed E-state index contributed by atoms with van der Waals surface area (Å²) < 4.78 is 0. The van der Waals surface area contributed by atoms with E-state index in [9.17, 15) is 0 Å². The number of hydrogen-bond donors (Lipinski definition) is 1.